The first-order chi connectivity index (χ1) is 16.3. The summed E-state index contributed by atoms with van der Waals surface area (Å²) >= 11 is 0. The lowest BCUT2D eigenvalue weighted by molar-refractivity contribution is -0.145. The van der Waals surface area contributed by atoms with Gasteiger partial charge in [-0.3, -0.25) is 4.79 Å². The third kappa shape index (κ3) is 4.19. The predicted molar refractivity (Wildman–Crippen MR) is 134 cm³/mol. The van der Waals surface area contributed by atoms with Crippen LogP contribution in [0.3, 0.4) is 0 Å². The molecule has 0 spiro atoms. The molecule has 0 radical (unpaired) electrons. The zero-order valence-electron chi connectivity index (χ0n) is 21.1. The van der Waals surface area contributed by atoms with Crippen LogP contribution in [0.25, 0.3) is 10.8 Å². The molecule has 182 valence electrons. The van der Waals surface area contributed by atoms with Gasteiger partial charge in [0.25, 0.3) is 0 Å². The number of hydrogen-bond acceptors (Lipinski definition) is 4. The van der Waals surface area contributed by atoms with Crippen molar-refractivity contribution in [1.29, 1.82) is 0 Å². The second kappa shape index (κ2) is 9.11. The van der Waals surface area contributed by atoms with E-state index in [2.05, 4.69) is 45.9 Å². The van der Waals surface area contributed by atoms with Crippen LogP contribution in [0, 0.1) is 23.2 Å². The van der Waals surface area contributed by atoms with Crippen LogP contribution in [-0.4, -0.2) is 24.5 Å². The van der Waals surface area contributed by atoms with E-state index in [1.165, 1.54) is 29.4 Å². The van der Waals surface area contributed by atoms with Crippen LogP contribution in [0.4, 0.5) is 0 Å². The molecule has 0 saturated heterocycles. The maximum Gasteiger partial charge on any atom is 0.337 e. The largest absolute Gasteiger partial charge is 0.425 e. The van der Waals surface area contributed by atoms with Crippen LogP contribution in [0.1, 0.15) is 83.3 Å². The highest BCUT2D eigenvalue weighted by Gasteiger charge is 2.49. The number of benzene rings is 2. The molecule has 4 heteroatoms. The average Bonchev–Trinajstić information content (AvgIpc) is 3.11. The highest BCUT2D eigenvalue weighted by molar-refractivity contribution is 5.92. The maximum absolute atomic E-state index is 12.6. The minimum absolute atomic E-state index is 0.00285. The molecule has 0 heterocycles. The van der Waals surface area contributed by atoms with E-state index in [0.717, 1.165) is 31.1 Å². The molecule has 0 aliphatic heterocycles. The SMILES string of the molecule is CC1CCC(C(C)C)C(OCC(=O)Oc2ccc3c4c(ccc3c2)C2CCC(=O)C2(C)CC4)C1. The number of carbonyl (C=O) groups is 2. The molecule has 2 aromatic rings. The summed E-state index contributed by atoms with van der Waals surface area (Å²) in [7, 11) is 0. The number of Topliss-reactive ketones (excluding diaryl/α,β-unsaturated/α-hetero) is 1. The van der Waals surface area contributed by atoms with Gasteiger partial charge in [-0.1, -0.05) is 52.3 Å². The predicted octanol–water partition coefficient (Wildman–Crippen LogP) is 6.62. The molecule has 2 aromatic carbocycles. The van der Waals surface area contributed by atoms with E-state index in [1.54, 1.807) is 0 Å². The molecule has 5 atom stereocenters. The van der Waals surface area contributed by atoms with Crippen LogP contribution in [-0.2, 0) is 20.7 Å². The molecule has 0 aromatic heterocycles. The molecule has 4 nitrogen and oxygen atoms in total. The first-order valence-electron chi connectivity index (χ1n) is 13.2. The van der Waals surface area contributed by atoms with Crippen molar-refractivity contribution >= 4 is 22.5 Å². The topological polar surface area (TPSA) is 52.6 Å². The molecule has 0 amide bonds. The number of ether oxygens (including phenoxy) is 2. The Balaban J connectivity index is 1.28. The molecule has 0 bridgehead atoms. The fourth-order valence-corrected chi connectivity index (χ4v) is 6.97. The quantitative estimate of drug-likeness (QED) is 0.370. The Morgan fingerprint density at radius 2 is 1.94 bits per heavy atom. The molecule has 2 saturated carbocycles. The summed E-state index contributed by atoms with van der Waals surface area (Å²) < 4.78 is 11.8. The van der Waals surface area contributed by atoms with Gasteiger partial charge in [-0.2, -0.15) is 0 Å². The summed E-state index contributed by atoms with van der Waals surface area (Å²) in [6.07, 6.45) is 7.07. The fourth-order valence-electron chi connectivity index (χ4n) is 6.97. The minimum atomic E-state index is -0.335. The van der Waals surface area contributed by atoms with Crippen LogP contribution < -0.4 is 4.74 Å². The van der Waals surface area contributed by atoms with Crippen LogP contribution in [0.2, 0.25) is 0 Å². The van der Waals surface area contributed by atoms with Crippen molar-refractivity contribution in [1.82, 2.24) is 0 Å². The van der Waals surface area contributed by atoms with Gasteiger partial charge in [-0.05, 0) is 89.8 Å². The summed E-state index contributed by atoms with van der Waals surface area (Å²) in [6.45, 7) is 8.91. The van der Waals surface area contributed by atoms with Crippen molar-refractivity contribution in [2.75, 3.05) is 6.61 Å². The van der Waals surface area contributed by atoms with Crippen molar-refractivity contribution in [2.45, 2.75) is 84.7 Å². The van der Waals surface area contributed by atoms with Crippen LogP contribution in [0.15, 0.2) is 30.3 Å². The number of carbonyl (C=O) groups excluding carboxylic acids is 2. The van der Waals surface area contributed by atoms with Gasteiger partial charge in [0.1, 0.15) is 18.1 Å². The summed E-state index contributed by atoms with van der Waals surface area (Å²) in [4.78, 5) is 25.1. The number of esters is 1. The van der Waals surface area contributed by atoms with E-state index in [4.69, 9.17) is 9.47 Å². The lowest BCUT2D eigenvalue weighted by Gasteiger charge is -2.37. The lowest BCUT2D eigenvalue weighted by Crippen LogP contribution is -2.36. The van der Waals surface area contributed by atoms with E-state index >= 15 is 0 Å². The van der Waals surface area contributed by atoms with Gasteiger partial charge < -0.3 is 9.47 Å². The number of rotatable bonds is 5. The summed E-state index contributed by atoms with van der Waals surface area (Å²) in [6, 6.07) is 10.2. The monoisotopic (exact) mass is 462 g/mol. The number of aryl methyl sites for hydroxylation is 1. The van der Waals surface area contributed by atoms with Gasteiger partial charge in [-0.25, -0.2) is 4.79 Å². The molecule has 5 unspecified atom stereocenters. The second-order valence-corrected chi connectivity index (χ2v) is 11.6. The molecule has 3 aliphatic carbocycles. The number of ketones is 1. The molecule has 5 rings (SSSR count). The zero-order chi connectivity index (χ0) is 24.0. The highest BCUT2D eigenvalue weighted by atomic mass is 16.6. The van der Waals surface area contributed by atoms with E-state index in [1.807, 2.05) is 12.1 Å². The Bertz CT molecular complexity index is 1100. The molecule has 0 N–H and O–H groups in total. The fraction of sp³-hybridized carbons (Fsp3) is 0.600. The molecule has 34 heavy (non-hydrogen) atoms. The van der Waals surface area contributed by atoms with Gasteiger partial charge in [0.2, 0.25) is 0 Å². The van der Waals surface area contributed by atoms with Crippen molar-refractivity contribution in [3.8, 4) is 5.75 Å². The van der Waals surface area contributed by atoms with Crippen molar-refractivity contribution in [3.05, 3.63) is 41.5 Å². The van der Waals surface area contributed by atoms with E-state index in [9.17, 15) is 9.59 Å². The van der Waals surface area contributed by atoms with Gasteiger partial charge in [0, 0.05) is 11.8 Å². The summed E-state index contributed by atoms with van der Waals surface area (Å²) in [5.74, 6) is 2.69. The van der Waals surface area contributed by atoms with E-state index < -0.39 is 0 Å². The molecular formula is C30H38O4. The average molecular weight is 463 g/mol. The second-order valence-electron chi connectivity index (χ2n) is 11.6. The van der Waals surface area contributed by atoms with Gasteiger partial charge in [-0.15, -0.1) is 0 Å². The molecule has 2 fully saturated rings. The van der Waals surface area contributed by atoms with Crippen LogP contribution >= 0.6 is 0 Å². The van der Waals surface area contributed by atoms with Crippen molar-refractivity contribution in [3.63, 3.8) is 0 Å². The van der Waals surface area contributed by atoms with Crippen molar-refractivity contribution in [2.24, 2.45) is 23.2 Å². The zero-order valence-corrected chi connectivity index (χ0v) is 21.1. The maximum atomic E-state index is 12.6. The van der Waals surface area contributed by atoms with E-state index in [-0.39, 0.29) is 24.1 Å². The molecule has 3 aliphatic rings. The standard InChI is InChI=1S/C30H38O4/c1-18(2)22-8-5-19(3)15-27(22)33-17-29(32)34-21-7-10-23-20(16-21)6-9-25-24(23)13-14-30(4)26(25)11-12-28(30)31/h6-7,9-10,16,18-19,22,26-27H,5,8,11-15,17H2,1-4H3. The first-order valence-corrected chi connectivity index (χ1v) is 13.2. The Kier molecular flexibility index (Phi) is 6.31. The van der Waals surface area contributed by atoms with E-state index in [0.29, 0.717) is 41.6 Å². The normalized spacial score (nSPS) is 30.9. The van der Waals surface area contributed by atoms with Gasteiger partial charge >= 0.3 is 5.97 Å². The number of fused-ring (bicyclic) bond motifs is 5. The summed E-state index contributed by atoms with van der Waals surface area (Å²) in [5.41, 5.74) is 2.51. The lowest BCUT2D eigenvalue weighted by atomic mass is 9.66. The Labute approximate surface area is 203 Å². The minimum Gasteiger partial charge on any atom is -0.425 e. The van der Waals surface area contributed by atoms with Gasteiger partial charge in [0.15, 0.2) is 0 Å². The third-order valence-electron chi connectivity index (χ3n) is 9.08. The number of hydrogen-bond donors (Lipinski definition) is 0. The summed E-state index contributed by atoms with van der Waals surface area (Å²) in [5, 5.41) is 2.30. The van der Waals surface area contributed by atoms with Crippen molar-refractivity contribution < 1.29 is 19.1 Å². The highest BCUT2D eigenvalue weighted by Crippen LogP contribution is 2.54. The van der Waals surface area contributed by atoms with Gasteiger partial charge in [0.05, 0.1) is 6.10 Å². The van der Waals surface area contributed by atoms with Crippen LogP contribution in [0.5, 0.6) is 5.75 Å². The molecular weight excluding hydrogens is 424 g/mol. The Morgan fingerprint density at radius 1 is 1.12 bits per heavy atom. The third-order valence-corrected chi connectivity index (χ3v) is 9.08. The smallest absolute Gasteiger partial charge is 0.337 e. The first kappa shape index (κ1) is 23.5. The Morgan fingerprint density at radius 3 is 2.74 bits per heavy atom. The Hall–Kier alpha value is -2.20.